The van der Waals surface area contributed by atoms with E-state index in [9.17, 15) is 9.59 Å². The Balaban J connectivity index is 1.69. The molecule has 118 valence electrons. The van der Waals surface area contributed by atoms with Gasteiger partial charge in [0.15, 0.2) is 0 Å². The fourth-order valence-electron chi connectivity index (χ4n) is 2.30. The summed E-state index contributed by atoms with van der Waals surface area (Å²) in [4.78, 5) is 23.7. The maximum absolute atomic E-state index is 12.1. The molecule has 0 aliphatic carbocycles. The molecular weight excluding hydrogens is 316 g/mol. The minimum Gasteiger partial charge on any atom is -0.491 e. The van der Waals surface area contributed by atoms with Gasteiger partial charge in [0.05, 0.1) is 25.1 Å². The molecule has 1 aliphatic rings. The maximum atomic E-state index is 12.1. The Labute approximate surface area is 138 Å². The van der Waals surface area contributed by atoms with Crippen molar-refractivity contribution in [3.63, 3.8) is 0 Å². The number of carbonyl (C=O) groups is 2. The average molecular weight is 331 g/mol. The minimum absolute atomic E-state index is 0.0912. The van der Waals surface area contributed by atoms with Crippen LogP contribution in [0.1, 0.15) is 12.0 Å². The van der Waals surface area contributed by atoms with Crippen LogP contribution in [0.5, 0.6) is 5.75 Å². The van der Waals surface area contributed by atoms with Crippen molar-refractivity contribution in [1.29, 1.82) is 0 Å². The van der Waals surface area contributed by atoms with Crippen molar-refractivity contribution in [3.05, 3.63) is 53.1 Å². The normalized spacial score (nSPS) is 13.3. The van der Waals surface area contributed by atoms with Crippen LogP contribution in [0.3, 0.4) is 0 Å². The third kappa shape index (κ3) is 4.02. The predicted molar refractivity (Wildman–Crippen MR) is 89.0 cm³/mol. The zero-order valence-corrected chi connectivity index (χ0v) is 13.0. The number of benzene rings is 2. The van der Waals surface area contributed by atoms with Crippen molar-refractivity contribution in [3.8, 4) is 5.75 Å². The Bertz CT molecular complexity index is 744. The molecule has 0 bridgehead atoms. The lowest BCUT2D eigenvalue weighted by atomic mass is 10.1. The molecule has 0 saturated carbocycles. The van der Waals surface area contributed by atoms with Crippen LogP contribution >= 0.6 is 11.6 Å². The van der Waals surface area contributed by atoms with Crippen LogP contribution in [0, 0.1) is 0 Å². The average Bonchev–Trinajstić information content (AvgIpc) is 2.69. The van der Waals surface area contributed by atoms with Crippen LogP contribution in [0.25, 0.3) is 0 Å². The second-order valence-corrected chi connectivity index (χ2v) is 5.65. The fraction of sp³-hybridized carbons (Fsp3) is 0.176. The third-order valence-corrected chi connectivity index (χ3v) is 3.65. The smallest absolute Gasteiger partial charge is 0.228 e. The number of hydrogen-bond donors (Lipinski definition) is 2. The van der Waals surface area contributed by atoms with Crippen molar-refractivity contribution in [2.75, 3.05) is 17.2 Å². The molecule has 6 heteroatoms. The van der Waals surface area contributed by atoms with E-state index in [4.69, 9.17) is 16.3 Å². The van der Waals surface area contributed by atoms with Gasteiger partial charge in [-0.05, 0) is 42.0 Å². The molecule has 0 aromatic heterocycles. The number of anilines is 2. The first-order valence-corrected chi connectivity index (χ1v) is 7.59. The van der Waals surface area contributed by atoms with Crippen LogP contribution in [0.4, 0.5) is 11.4 Å². The van der Waals surface area contributed by atoms with E-state index in [1.165, 1.54) is 0 Å². The number of amides is 2. The first-order valence-electron chi connectivity index (χ1n) is 7.21. The zero-order valence-electron chi connectivity index (χ0n) is 12.3. The van der Waals surface area contributed by atoms with Crippen molar-refractivity contribution in [1.82, 2.24) is 0 Å². The van der Waals surface area contributed by atoms with Crippen molar-refractivity contribution in [2.24, 2.45) is 0 Å². The molecule has 0 unspecified atom stereocenters. The van der Waals surface area contributed by atoms with E-state index in [0.717, 1.165) is 5.56 Å². The molecular formula is C17H15ClN2O3. The van der Waals surface area contributed by atoms with Gasteiger partial charge >= 0.3 is 0 Å². The van der Waals surface area contributed by atoms with Gasteiger partial charge in [-0.1, -0.05) is 17.7 Å². The molecule has 0 spiro atoms. The van der Waals surface area contributed by atoms with Gasteiger partial charge in [-0.3, -0.25) is 9.59 Å². The molecule has 2 N–H and O–H groups in total. The molecule has 0 radical (unpaired) electrons. The summed E-state index contributed by atoms with van der Waals surface area (Å²) >= 11 is 5.81. The van der Waals surface area contributed by atoms with Gasteiger partial charge in [-0.2, -0.15) is 0 Å². The SMILES string of the molecule is O=C(Cc1ccc2c(c1)NC(=O)CCO2)Nc1ccc(Cl)cc1. The lowest BCUT2D eigenvalue weighted by molar-refractivity contribution is -0.116. The summed E-state index contributed by atoms with van der Waals surface area (Å²) in [6.07, 6.45) is 0.521. The number of fused-ring (bicyclic) bond motifs is 1. The van der Waals surface area contributed by atoms with Crippen LogP contribution in [0.15, 0.2) is 42.5 Å². The summed E-state index contributed by atoms with van der Waals surface area (Å²) in [6.45, 7) is 0.356. The van der Waals surface area contributed by atoms with Crippen LogP contribution in [-0.2, 0) is 16.0 Å². The van der Waals surface area contributed by atoms with Crippen LogP contribution < -0.4 is 15.4 Å². The van der Waals surface area contributed by atoms with Gasteiger partial charge in [0.2, 0.25) is 11.8 Å². The van der Waals surface area contributed by atoms with Gasteiger partial charge in [0.25, 0.3) is 0 Å². The molecule has 2 aromatic rings. The van der Waals surface area contributed by atoms with E-state index in [2.05, 4.69) is 10.6 Å². The van der Waals surface area contributed by atoms with E-state index in [1.54, 1.807) is 36.4 Å². The zero-order chi connectivity index (χ0) is 16.2. The fourth-order valence-corrected chi connectivity index (χ4v) is 2.43. The highest BCUT2D eigenvalue weighted by molar-refractivity contribution is 6.30. The summed E-state index contributed by atoms with van der Waals surface area (Å²) < 4.78 is 5.49. The Morgan fingerprint density at radius 2 is 2.00 bits per heavy atom. The lowest BCUT2D eigenvalue weighted by Crippen LogP contribution is -2.14. The van der Waals surface area contributed by atoms with E-state index in [1.807, 2.05) is 6.07 Å². The van der Waals surface area contributed by atoms with Gasteiger partial charge in [-0.25, -0.2) is 0 Å². The standard InChI is InChI=1S/C17H15ClN2O3/c18-12-2-4-13(5-3-12)19-17(22)10-11-1-6-15-14(9-11)20-16(21)7-8-23-15/h1-6,9H,7-8,10H2,(H,19,22)(H,20,21). The Morgan fingerprint density at radius 3 is 2.78 bits per heavy atom. The molecule has 0 atom stereocenters. The Morgan fingerprint density at radius 1 is 1.22 bits per heavy atom. The molecule has 2 aromatic carbocycles. The third-order valence-electron chi connectivity index (χ3n) is 3.40. The number of nitrogens with one attached hydrogen (secondary N) is 2. The molecule has 23 heavy (non-hydrogen) atoms. The monoisotopic (exact) mass is 330 g/mol. The quantitative estimate of drug-likeness (QED) is 0.907. The van der Waals surface area contributed by atoms with Crippen molar-refractivity contribution in [2.45, 2.75) is 12.8 Å². The number of ether oxygens (including phenoxy) is 1. The Hall–Kier alpha value is -2.53. The van der Waals surface area contributed by atoms with E-state index in [-0.39, 0.29) is 18.2 Å². The van der Waals surface area contributed by atoms with E-state index >= 15 is 0 Å². The summed E-state index contributed by atoms with van der Waals surface area (Å²) in [6, 6.07) is 12.3. The lowest BCUT2D eigenvalue weighted by Gasteiger charge is -2.10. The Kier molecular flexibility index (Phi) is 4.48. The summed E-state index contributed by atoms with van der Waals surface area (Å²) in [5.41, 5.74) is 2.08. The first-order chi connectivity index (χ1) is 11.1. The van der Waals surface area contributed by atoms with Gasteiger partial charge < -0.3 is 15.4 Å². The topological polar surface area (TPSA) is 67.4 Å². The first kappa shape index (κ1) is 15.4. The summed E-state index contributed by atoms with van der Waals surface area (Å²) in [5.74, 6) is 0.386. The minimum atomic E-state index is -0.145. The van der Waals surface area contributed by atoms with Gasteiger partial charge in [0, 0.05) is 10.7 Å². The molecule has 5 nitrogen and oxygen atoms in total. The highest BCUT2D eigenvalue weighted by Gasteiger charge is 2.15. The molecule has 1 heterocycles. The van der Waals surface area contributed by atoms with Crippen molar-refractivity contribution < 1.29 is 14.3 Å². The predicted octanol–water partition coefficient (Wildman–Crippen LogP) is 3.24. The van der Waals surface area contributed by atoms with Gasteiger partial charge in [-0.15, -0.1) is 0 Å². The molecule has 3 rings (SSSR count). The van der Waals surface area contributed by atoms with Crippen LogP contribution in [-0.4, -0.2) is 18.4 Å². The van der Waals surface area contributed by atoms with Gasteiger partial charge in [0.1, 0.15) is 5.75 Å². The van der Waals surface area contributed by atoms with E-state index in [0.29, 0.717) is 35.2 Å². The maximum Gasteiger partial charge on any atom is 0.228 e. The second kappa shape index (κ2) is 6.71. The number of halogens is 1. The summed E-state index contributed by atoms with van der Waals surface area (Å²) in [5, 5.41) is 6.20. The second-order valence-electron chi connectivity index (χ2n) is 5.21. The molecule has 0 fully saturated rings. The largest absolute Gasteiger partial charge is 0.491 e. The number of hydrogen-bond acceptors (Lipinski definition) is 3. The molecule has 2 amide bonds. The van der Waals surface area contributed by atoms with Crippen LogP contribution in [0.2, 0.25) is 5.02 Å². The number of rotatable bonds is 3. The molecule has 1 aliphatic heterocycles. The highest BCUT2D eigenvalue weighted by Crippen LogP contribution is 2.28. The summed E-state index contributed by atoms with van der Waals surface area (Å²) in [7, 11) is 0. The van der Waals surface area contributed by atoms with Crippen molar-refractivity contribution >= 4 is 34.8 Å². The van der Waals surface area contributed by atoms with E-state index < -0.39 is 0 Å². The molecule has 0 saturated heterocycles. The number of carbonyl (C=O) groups excluding carboxylic acids is 2. The highest BCUT2D eigenvalue weighted by atomic mass is 35.5.